The molecule has 3 aromatic carbocycles. The van der Waals surface area contributed by atoms with Gasteiger partial charge in [-0.1, -0.05) is 66.2 Å². The van der Waals surface area contributed by atoms with Crippen LogP contribution >= 0.6 is 11.6 Å². The zero-order valence-corrected chi connectivity index (χ0v) is 22.3. The summed E-state index contributed by atoms with van der Waals surface area (Å²) < 4.78 is 39.6. The van der Waals surface area contributed by atoms with Gasteiger partial charge in [0.25, 0.3) is 0 Å². The number of aliphatic carboxylic acids is 1. The third kappa shape index (κ3) is 6.73. The Morgan fingerprint density at radius 3 is 2.38 bits per heavy atom. The number of benzene rings is 3. The normalized spacial score (nSPS) is 11.1. The van der Waals surface area contributed by atoms with Gasteiger partial charge in [-0.3, -0.25) is 4.40 Å². The smallest absolute Gasteiger partial charge is 0.490 e. The van der Waals surface area contributed by atoms with E-state index in [-0.39, 0.29) is 0 Å². The highest BCUT2D eigenvalue weighted by molar-refractivity contribution is 6.30. The van der Waals surface area contributed by atoms with Gasteiger partial charge in [0.1, 0.15) is 22.9 Å². The van der Waals surface area contributed by atoms with E-state index in [1.807, 2.05) is 42.5 Å². The van der Waals surface area contributed by atoms with Gasteiger partial charge in [-0.25, -0.2) is 9.78 Å². The number of hydrogen-bond acceptors (Lipinski definition) is 4. The average Bonchev–Trinajstić information content (AvgIpc) is 3.29. The highest BCUT2D eigenvalue weighted by Crippen LogP contribution is 2.37. The maximum Gasteiger partial charge on any atom is 0.490 e. The number of hydrogen-bond donors (Lipinski definition) is 2. The third-order valence-electron chi connectivity index (χ3n) is 5.92. The van der Waals surface area contributed by atoms with Crippen molar-refractivity contribution in [3.8, 4) is 28.1 Å². The predicted octanol–water partition coefficient (Wildman–Crippen LogP) is 7.88. The lowest BCUT2D eigenvalue weighted by molar-refractivity contribution is -0.192. The molecule has 0 radical (unpaired) electrons. The van der Waals surface area contributed by atoms with Gasteiger partial charge in [0.05, 0.1) is 7.11 Å². The number of carboxylic acid groups (broad SMARTS) is 1. The van der Waals surface area contributed by atoms with Gasteiger partial charge in [0, 0.05) is 28.9 Å². The summed E-state index contributed by atoms with van der Waals surface area (Å²) in [5.41, 5.74) is 7.13. The molecule has 0 saturated heterocycles. The molecule has 2 N–H and O–H groups in total. The second-order valence-electron chi connectivity index (χ2n) is 8.81. The summed E-state index contributed by atoms with van der Waals surface area (Å²) in [6.07, 6.45) is -2.98. The summed E-state index contributed by atoms with van der Waals surface area (Å²) >= 11 is 6.22. The molecule has 10 heteroatoms. The van der Waals surface area contributed by atoms with Crippen molar-refractivity contribution in [3.05, 3.63) is 107 Å². The summed E-state index contributed by atoms with van der Waals surface area (Å²) in [6, 6.07) is 28.5. The van der Waals surface area contributed by atoms with E-state index in [9.17, 15) is 13.2 Å². The standard InChI is InChI=1S/C28H24ClN3O.C2HF3O2/c1-19-11-14-26-31-27(28(32(26)18-19)30-17-20-7-4-3-5-8-20)22-12-13-24(25(16-22)33-2)21-9-6-10-23(29)15-21;3-2(4,5)1(6)7/h3-16,18,30H,17H2,1-2H3;(H,6,7). The zero-order chi connectivity index (χ0) is 28.9. The molecule has 0 aliphatic rings. The number of carboxylic acids is 1. The van der Waals surface area contributed by atoms with Gasteiger partial charge in [-0.2, -0.15) is 13.2 Å². The lowest BCUT2D eigenvalue weighted by Crippen LogP contribution is -2.21. The first-order valence-electron chi connectivity index (χ1n) is 12.1. The summed E-state index contributed by atoms with van der Waals surface area (Å²) in [5, 5.41) is 11.4. The van der Waals surface area contributed by atoms with Crippen molar-refractivity contribution in [1.82, 2.24) is 9.38 Å². The Balaban J connectivity index is 0.000000470. The molecule has 0 bridgehead atoms. The van der Waals surface area contributed by atoms with Gasteiger partial charge in [0.2, 0.25) is 0 Å². The lowest BCUT2D eigenvalue weighted by atomic mass is 10.0. The van der Waals surface area contributed by atoms with Crippen molar-refractivity contribution >= 4 is 29.0 Å². The number of ether oxygens (including phenoxy) is 1. The Kier molecular flexibility index (Phi) is 8.64. The quantitative estimate of drug-likeness (QED) is 0.218. The minimum absolute atomic E-state index is 0.696. The molecular weight excluding hydrogens is 543 g/mol. The van der Waals surface area contributed by atoms with Crippen LogP contribution in [0.5, 0.6) is 5.75 Å². The molecule has 0 atom stereocenters. The average molecular weight is 568 g/mol. The Bertz CT molecular complexity index is 1640. The molecule has 0 fully saturated rings. The van der Waals surface area contributed by atoms with Crippen molar-refractivity contribution in [2.45, 2.75) is 19.6 Å². The molecule has 2 heterocycles. The number of imidazole rings is 1. The van der Waals surface area contributed by atoms with E-state index >= 15 is 0 Å². The maximum atomic E-state index is 10.6. The van der Waals surface area contributed by atoms with Crippen molar-refractivity contribution in [1.29, 1.82) is 0 Å². The van der Waals surface area contributed by atoms with Crippen LogP contribution < -0.4 is 10.1 Å². The first-order chi connectivity index (χ1) is 19.1. The fraction of sp³-hybridized carbons (Fsp3) is 0.133. The van der Waals surface area contributed by atoms with Crippen LogP contribution in [0.4, 0.5) is 19.0 Å². The van der Waals surface area contributed by atoms with Crippen LogP contribution in [0.2, 0.25) is 5.02 Å². The molecule has 0 saturated carbocycles. The number of fused-ring (bicyclic) bond motifs is 1. The van der Waals surface area contributed by atoms with Crippen LogP contribution in [0.3, 0.4) is 0 Å². The van der Waals surface area contributed by atoms with Crippen LogP contribution in [0.15, 0.2) is 91.1 Å². The van der Waals surface area contributed by atoms with E-state index in [2.05, 4.69) is 65.3 Å². The molecule has 0 unspecified atom stereocenters. The van der Waals surface area contributed by atoms with Crippen LogP contribution in [-0.4, -0.2) is 33.7 Å². The number of aromatic nitrogens is 2. The van der Waals surface area contributed by atoms with E-state index in [1.165, 1.54) is 11.1 Å². The summed E-state index contributed by atoms with van der Waals surface area (Å²) in [4.78, 5) is 13.8. The Morgan fingerprint density at radius 2 is 1.73 bits per heavy atom. The zero-order valence-electron chi connectivity index (χ0n) is 21.5. The largest absolute Gasteiger partial charge is 0.496 e. The molecule has 6 nitrogen and oxygen atoms in total. The molecule has 5 aromatic rings. The number of alkyl halides is 3. The molecule has 40 heavy (non-hydrogen) atoms. The number of rotatable bonds is 6. The predicted molar refractivity (Wildman–Crippen MR) is 150 cm³/mol. The first-order valence-corrected chi connectivity index (χ1v) is 12.5. The van der Waals surface area contributed by atoms with Crippen LogP contribution in [-0.2, 0) is 11.3 Å². The van der Waals surface area contributed by atoms with Gasteiger partial charge < -0.3 is 15.2 Å². The number of pyridine rings is 1. The van der Waals surface area contributed by atoms with E-state index in [4.69, 9.17) is 31.2 Å². The summed E-state index contributed by atoms with van der Waals surface area (Å²) in [7, 11) is 1.69. The van der Waals surface area contributed by atoms with Gasteiger partial charge in [-0.15, -0.1) is 0 Å². The summed E-state index contributed by atoms with van der Waals surface area (Å²) in [6.45, 7) is 2.79. The minimum atomic E-state index is -5.08. The van der Waals surface area contributed by atoms with Gasteiger partial charge in [-0.05, 0) is 53.9 Å². The monoisotopic (exact) mass is 567 g/mol. The molecule has 0 aliphatic carbocycles. The van der Waals surface area contributed by atoms with Gasteiger partial charge in [0.15, 0.2) is 0 Å². The molecule has 0 aliphatic heterocycles. The van der Waals surface area contributed by atoms with E-state index in [0.717, 1.165) is 39.6 Å². The minimum Gasteiger partial charge on any atom is -0.496 e. The number of anilines is 1. The van der Waals surface area contributed by atoms with E-state index in [0.29, 0.717) is 11.6 Å². The van der Waals surface area contributed by atoms with Crippen molar-refractivity contribution in [2.75, 3.05) is 12.4 Å². The molecule has 0 spiro atoms. The van der Waals surface area contributed by atoms with Crippen LogP contribution in [0.25, 0.3) is 28.0 Å². The van der Waals surface area contributed by atoms with E-state index in [1.54, 1.807) is 7.11 Å². The second kappa shape index (κ2) is 12.1. The maximum absolute atomic E-state index is 10.6. The van der Waals surface area contributed by atoms with Crippen molar-refractivity contribution in [2.24, 2.45) is 0 Å². The number of methoxy groups -OCH3 is 1. The second-order valence-corrected chi connectivity index (χ2v) is 9.25. The number of halogens is 4. The Morgan fingerprint density at radius 1 is 1.00 bits per heavy atom. The number of aryl methyl sites for hydroxylation is 1. The Labute approximate surface area is 233 Å². The van der Waals surface area contributed by atoms with Gasteiger partial charge >= 0.3 is 12.1 Å². The first kappa shape index (κ1) is 28.5. The molecule has 2 aromatic heterocycles. The topological polar surface area (TPSA) is 75.9 Å². The van der Waals surface area contributed by atoms with Crippen molar-refractivity contribution < 1.29 is 27.8 Å². The Hall–Kier alpha value is -4.50. The van der Waals surface area contributed by atoms with Crippen LogP contribution in [0.1, 0.15) is 11.1 Å². The molecule has 206 valence electrons. The number of nitrogens with one attached hydrogen (secondary N) is 1. The SMILES string of the molecule is COc1cc(-c2nc3ccc(C)cn3c2NCc2ccccc2)ccc1-c1cccc(Cl)c1.O=C(O)C(F)(F)F. The third-order valence-corrected chi connectivity index (χ3v) is 6.16. The highest BCUT2D eigenvalue weighted by atomic mass is 35.5. The van der Waals surface area contributed by atoms with E-state index < -0.39 is 12.1 Å². The fourth-order valence-electron chi connectivity index (χ4n) is 4.04. The lowest BCUT2D eigenvalue weighted by Gasteiger charge is -2.13. The highest BCUT2D eigenvalue weighted by Gasteiger charge is 2.38. The fourth-order valence-corrected chi connectivity index (χ4v) is 4.23. The van der Waals surface area contributed by atoms with Crippen LogP contribution in [0, 0.1) is 6.92 Å². The summed E-state index contributed by atoms with van der Waals surface area (Å²) in [5.74, 6) is -1.03. The molecule has 5 rings (SSSR count). The molecule has 0 amide bonds. The number of carbonyl (C=O) groups is 1. The molecular formula is C30H25ClF3N3O3. The van der Waals surface area contributed by atoms with Crippen molar-refractivity contribution in [3.63, 3.8) is 0 Å². The number of nitrogens with zero attached hydrogens (tertiary/aromatic N) is 2.